The minimum atomic E-state index is -1.02. The van der Waals surface area contributed by atoms with Gasteiger partial charge in [-0.3, -0.25) is 14.5 Å². The fourth-order valence-corrected chi connectivity index (χ4v) is 3.07. The number of amides is 1. The molecule has 2 rings (SSSR count). The molecule has 0 bridgehead atoms. The summed E-state index contributed by atoms with van der Waals surface area (Å²) in [5.41, 5.74) is 0.791. The predicted molar refractivity (Wildman–Crippen MR) is 114 cm³/mol. The van der Waals surface area contributed by atoms with Crippen LogP contribution in [0.5, 0.6) is 5.75 Å². The highest BCUT2D eigenvalue weighted by molar-refractivity contribution is 7.80. The van der Waals surface area contributed by atoms with E-state index in [4.69, 9.17) is 17.0 Å². The third kappa shape index (κ3) is 5.35. The molecule has 2 N–H and O–H groups in total. The number of nitrogens with zero attached hydrogens (tertiary/aromatic N) is 3. The molecule has 156 valence electrons. The molecule has 1 atom stereocenters. The molecule has 0 saturated carbocycles. The maximum atomic E-state index is 13.0. The van der Waals surface area contributed by atoms with Crippen LogP contribution in [0.25, 0.3) is 0 Å². The zero-order valence-corrected chi connectivity index (χ0v) is 18.1. The normalized spacial score (nSPS) is 16.3. The second kappa shape index (κ2) is 8.66. The molecule has 0 fully saturated rings. The van der Waals surface area contributed by atoms with E-state index in [1.165, 1.54) is 11.0 Å². The van der Waals surface area contributed by atoms with Crippen molar-refractivity contribution in [3.63, 3.8) is 0 Å². The van der Waals surface area contributed by atoms with E-state index in [9.17, 15) is 20.0 Å². The molecule has 29 heavy (non-hydrogen) atoms. The van der Waals surface area contributed by atoms with Crippen LogP contribution in [-0.2, 0) is 20.7 Å². The van der Waals surface area contributed by atoms with Crippen molar-refractivity contribution in [1.29, 1.82) is 5.26 Å². The number of aromatic hydroxyl groups is 1. The van der Waals surface area contributed by atoms with Gasteiger partial charge in [-0.05, 0) is 57.5 Å². The van der Waals surface area contributed by atoms with E-state index in [-0.39, 0.29) is 18.7 Å². The summed E-state index contributed by atoms with van der Waals surface area (Å²) in [6.45, 7) is 4.96. The third-order valence-corrected chi connectivity index (χ3v) is 4.79. The Bertz CT molecular complexity index is 870. The number of hydrogen-bond acceptors (Lipinski definition) is 6. The monoisotopic (exact) mass is 418 g/mol. The average molecular weight is 419 g/mol. The first-order chi connectivity index (χ1) is 13.4. The average Bonchev–Trinajstić information content (AvgIpc) is 2.72. The minimum absolute atomic E-state index is 0.112. The quantitative estimate of drug-likeness (QED) is 0.253. The van der Waals surface area contributed by atoms with Crippen molar-refractivity contribution in [2.45, 2.75) is 39.2 Å². The maximum Gasteiger partial charge on any atom is 0.319 e. The summed E-state index contributed by atoms with van der Waals surface area (Å²) in [4.78, 5) is 28.5. The Kier molecular flexibility index (Phi) is 6.69. The van der Waals surface area contributed by atoms with Crippen LogP contribution in [0.2, 0.25) is 0 Å². The van der Waals surface area contributed by atoms with Gasteiger partial charge in [0.1, 0.15) is 23.8 Å². The molecule has 0 radical (unpaired) electrons. The lowest BCUT2D eigenvalue weighted by atomic mass is 9.99. The topological polar surface area (TPSA) is 106 Å². The van der Waals surface area contributed by atoms with Crippen LogP contribution < -0.4 is 10.2 Å². The van der Waals surface area contributed by atoms with Gasteiger partial charge in [0.2, 0.25) is 5.91 Å². The van der Waals surface area contributed by atoms with Crippen molar-refractivity contribution < 1.29 is 19.4 Å². The number of anilines is 2. The number of hydrogen-bond donors (Lipinski definition) is 2. The first-order valence-electron chi connectivity index (χ1n) is 9.20. The van der Waals surface area contributed by atoms with E-state index in [2.05, 4.69) is 5.32 Å². The number of phenolic OH excluding ortho intramolecular Hbond substituents is 1. The molecule has 8 nitrogen and oxygen atoms in total. The summed E-state index contributed by atoms with van der Waals surface area (Å²) in [5, 5.41) is 23.0. The Morgan fingerprint density at radius 2 is 2.10 bits per heavy atom. The fourth-order valence-electron chi connectivity index (χ4n) is 2.96. The van der Waals surface area contributed by atoms with Gasteiger partial charge in [-0.25, -0.2) is 0 Å². The summed E-state index contributed by atoms with van der Waals surface area (Å²) in [6.07, 6.45) is 0.640. The van der Waals surface area contributed by atoms with Crippen molar-refractivity contribution in [1.82, 2.24) is 4.90 Å². The zero-order chi connectivity index (χ0) is 21.9. The largest absolute Gasteiger partial charge is 0.506 e. The number of phenols is 1. The van der Waals surface area contributed by atoms with E-state index in [1.54, 1.807) is 45.8 Å². The smallest absolute Gasteiger partial charge is 0.319 e. The van der Waals surface area contributed by atoms with Gasteiger partial charge in [0.15, 0.2) is 5.11 Å². The van der Waals surface area contributed by atoms with Gasteiger partial charge in [-0.2, -0.15) is 5.26 Å². The molecule has 1 amide bonds. The molecule has 1 unspecified atom stereocenters. The number of carbonyl (C=O) groups is 2. The number of nitrogens with one attached hydrogen (secondary N) is 1. The van der Waals surface area contributed by atoms with Crippen molar-refractivity contribution in [2.24, 2.45) is 5.92 Å². The lowest BCUT2D eigenvalue weighted by molar-refractivity contribution is -0.162. The molecule has 0 aromatic heterocycles. The predicted octanol–water partition coefficient (Wildman–Crippen LogP) is 2.41. The SMILES string of the molecule is CN(C)C(=S)Nc1cc2c(cc1O)N(CC#N)C(=O)C(C(=O)OC(C)(C)C)CC2. The number of rotatable bonds is 3. The summed E-state index contributed by atoms with van der Waals surface area (Å²) in [7, 11) is 3.54. The van der Waals surface area contributed by atoms with Crippen LogP contribution in [-0.4, -0.2) is 53.2 Å². The fraction of sp³-hybridized carbons (Fsp3) is 0.500. The number of fused-ring (bicyclic) bond motifs is 1. The molecule has 9 heteroatoms. The summed E-state index contributed by atoms with van der Waals surface area (Å²) >= 11 is 5.22. The van der Waals surface area contributed by atoms with Crippen molar-refractivity contribution >= 4 is 40.6 Å². The number of aryl methyl sites for hydroxylation is 1. The molecular formula is C20H26N4O4S. The maximum absolute atomic E-state index is 13.0. The zero-order valence-electron chi connectivity index (χ0n) is 17.3. The van der Waals surface area contributed by atoms with E-state index < -0.39 is 23.4 Å². The van der Waals surface area contributed by atoms with Gasteiger partial charge in [0, 0.05) is 20.2 Å². The van der Waals surface area contributed by atoms with Gasteiger partial charge in [0.05, 0.1) is 17.4 Å². The molecule has 1 heterocycles. The highest BCUT2D eigenvalue weighted by Gasteiger charge is 2.38. The van der Waals surface area contributed by atoms with Crippen LogP contribution in [0.15, 0.2) is 12.1 Å². The molecular weight excluding hydrogens is 392 g/mol. The van der Waals surface area contributed by atoms with Gasteiger partial charge >= 0.3 is 5.97 Å². The molecule has 0 saturated heterocycles. The minimum Gasteiger partial charge on any atom is -0.506 e. The number of esters is 1. The lowest BCUT2D eigenvalue weighted by Gasteiger charge is -2.26. The Morgan fingerprint density at radius 3 is 2.66 bits per heavy atom. The molecule has 0 aliphatic carbocycles. The number of ether oxygens (including phenoxy) is 1. The molecule has 1 aromatic carbocycles. The highest BCUT2D eigenvalue weighted by Crippen LogP contribution is 2.37. The molecule has 1 aromatic rings. The van der Waals surface area contributed by atoms with E-state index in [1.807, 2.05) is 6.07 Å². The number of nitriles is 1. The summed E-state index contributed by atoms with van der Waals surface area (Å²) in [6, 6.07) is 5.06. The molecule has 1 aliphatic heterocycles. The summed E-state index contributed by atoms with van der Waals surface area (Å²) < 4.78 is 5.40. The number of benzene rings is 1. The summed E-state index contributed by atoms with van der Waals surface area (Å²) in [5.74, 6) is -2.26. The van der Waals surface area contributed by atoms with Crippen molar-refractivity contribution in [3.05, 3.63) is 17.7 Å². The Labute approximate surface area is 176 Å². The van der Waals surface area contributed by atoms with E-state index in [0.717, 1.165) is 5.56 Å². The first kappa shape index (κ1) is 22.4. The van der Waals surface area contributed by atoms with E-state index in [0.29, 0.717) is 22.9 Å². The second-order valence-electron chi connectivity index (χ2n) is 8.03. The van der Waals surface area contributed by atoms with E-state index >= 15 is 0 Å². The highest BCUT2D eigenvalue weighted by atomic mass is 32.1. The Morgan fingerprint density at radius 1 is 1.45 bits per heavy atom. The van der Waals surface area contributed by atoms with Crippen LogP contribution in [0.1, 0.15) is 32.8 Å². The third-order valence-electron chi connectivity index (χ3n) is 4.32. The van der Waals surface area contributed by atoms with Crippen LogP contribution in [0.4, 0.5) is 11.4 Å². The van der Waals surface area contributed by atoms with Gasteiger partial charge < -0.3 is 20.1 Å². The van der Waals surface area contributed by atoms with Gasteiger partial charge in [-0.15, -0.1) is 0 Å². The lowest BCUT2D eigenvalue weighted by Crippen LogP contribution is -2.41. The number of carbonyl (C=O) groups excluding carboxylic acids is 2. The van der Waals surface area contributed by atoms with Crippen LogP contribution in [0, 0.1) is 17.2 Å². The molecule has 1 aliphatic rings. The standard InChI is InChI=1S/C20H26N4O4S/c1-20(2,3)28-18(27)13-7-6-12-10-14(22-19(29)23(4)5)16(25)11-15(12)24(9-8-21)17(13)26/h10-11,13,25H,6-7,9H2,1-5H3,(H,22,29). The van der Waals surface area contributed by atoms with Crippen LogP contribution >= 0.6 is 12.2 Å². The number of thiocarbonyl (C=S) groups is 1. The van der Waals surface area contributed by atoms with Gasteiger partial charge in [0.25, 0.3) is 0 Å². The molecule has 0 spiro atoms. The Balaban J connectivity index is 2.43. The van der Waals surface area contributed by atoms with Crippen LogP contribution in [0.3, 0.4) is 0 Å². The van der Waals surface area contributed by atoms with Gasteiger partial charge in [-0.1, -0.05) is 0 Å². The second-order valence-corrected chi connectivity index (χ2v) is 8.42. The van der Waals surface area contributed by atoms with Crippen molar-refractivity contribution in [2.75, 3.05) is 30.9 Å². The Hall–Kier alpha value is -2.86. The van der Waals surface area contributed by atoms with Crippen molar-refractivity contribution in [3.8, 4) is 11.8 Å². The first-order valence-corrected chi connectivity index (χ1v) is 9.60.